The Morgan fingerprint density at radius 1 is 1.08 bits per heavy atom. The van der Waals surface area contributed by atoms with Crippen LogP contribution in [0.25, 0.3) is 27.7 Å². The summed E-state index contributed by atoms with van der Waals surface area (Å²) in [4.78, 5) is 39.3. The Kier molecular flexibility index (Phi) is 6.12. The molecule has 194 valence electrons. The molecule has 2 fully saturated rings. The van der Waals surface area contributed by atoms with Crippen LogP contribution in [0.3, 0.4) is 0 Å². The molecular weight excluding hydrogens is 466 g/mol. The Labute approximate surface area is 216 Å². The number of hydrogen-bond acceptors (Lipinski definition) is 6. The maximum atomic E-state index is 13.9. The Morgan fingerprint density at radius 2 is 1.84 bits per heavy atom. The van der Waals surface area contributed by atoms with Gasteiger partial charge >= 0.3 is 0 Å². The van der Waals surface area contributed by atoms with Crippen molar-refractivity contribution >= 4 is 39.4 Å². The number of hydrogen-bond donors (Lipinski definition) is 1. The molecular formula is C28H35N7O2. The van der Waals surface area contributed by atoms with Crippen LogP contribution >= 0.6 is 0 Å². The van der Waals surface area contributed by atoms with Gasteiger partial charge in [-0.15, -0.1) is 0 Å². The largest absolute Gasteiger partial charge is 0.355 e. The molecule has 9 heteroatoms. The highest BCUT2D eigenvalue weighted by Crippen LogP contribution is 2.27. The lowest BCUT2D eigenvalue weighted by atomic mass is 10.1. The minimum atomic E-state index is -0.329. The van der Waals surface area contributed by atoms with Crippen LogP contribution < -0.4 is 15.6 Å². The van der Waals surface area contributed by atoms with E-state index >= 15 is 0 Å². The average Bonchev–Trinajstić information content (AvgIpc) is 3.64. The summed E-state index contributed by atoms with van der Waals surface area (Å²) < 4.78 is 3.93. The van der Waals surface area contributed by atoms with Crippen LogP contribution in [0.2, 0.25) is 0 Å². The predicted octanol–water partition coefficient (Wildman–Crippen LogP) is 2.31. The number of para-hydroxylation sites is 2. The van der Waals surface area contributed by atoms with Crippen LogP contribution in [0.15, 0.2) is 41.2 Å². The van der Waals surface area contributed by atoms with E-state index < -0.39 is 0 Å². The number of anilines is 1. The Balaban J connectivity index is 1.49. The van der Waals surface area contributed by atoms with Crippen molar-refractivity contribution in [2.24, 2.45) is 7.05 Å². The fourth-order valence-corrected chi connectivity index (χ4v) is 6.07. The molecule has 0 radical (unpaired) electrons. The van der Waals surface area contributed by atoms with Gasteiger partial charge in [0, 0.05) is 39.8 Å². The van der Waals surface area contributed by atoms with Crippen LogP contribution in [0.1, 0.15) is 29.6 Å². The summed E-state index contributed by atoms with van der Waals surface area (Å²) in [5.74, 6) is 0.501. The Morgan fingerprint density at radius 3 is 2.57 bits per heavy atom. The van der Waals surface area contributed by atoms with Gasteiger partial charge in [0.15, 0.2) is 5.65 Å². The van der Waals surface area contributed by atoms with Crippen molar-refractivity contribution in [1.29, 1.82) is 0 Å². The fourth-order valence-electron chi connectivity index (χ4n) is 6.07. The molecule has 1 N–H and O–H groups in total. The number of rotatable bonds is 6. The normalized spacial score (nSPS) is 18.9. The lowest BCUT2D eigenvalue weighted by Gasteiger charge is -2.25. The van der Waals surface area contributed by atoms with Crippen molar-refractivity contribution in [3.8, 4) is 0 Å². The lowest BCUT2D eigenvalue weighted by molar-refractivity contribution is 0.0950. The maximum Gasteiger partial charge on any atom is 0.259 e. The number of aryl methyl sites for hydroxylation is 1. The van der Waals surface area contributed by atoms with E-state index in [0.717, 1.165) is 56.0 Å². The van der Waals surface area contributed by atoms with Gasteiger partial charge in [-0.25, -0.2) is 4.98 Å². The summed E-state index contributed by atoms with van der Waals surface area (Å²) in [6.45, 7) is 5.50. The Hall–Kier alpha value is -3.43. The molecule has 2 aliphatic heterocycles. The molecule has 0 spiro atoms. The molecule has 2 aliphatic rings. The predicted molar refractivity (Wildman–Crippen MR) is 148 cm³/mol. The topological polar surface area (TPSA) is 78.1 Å². The first-order valence-corrected chi connectivity index (χ1v) is 13.3. The van der Waals surface area contributed by atoms with Gasteiger partial charge in [0.2, 0.25) is 5.43 Å². The van der Waals surface area contributed by atoms with E-state index in [2.05, 4.69) is 34.1 Å². The van der Waals surface area contributed by atoms with Crippen molar-refractivity contribution in [2.75, 3.05) is 58.3 Å². The molecule has 0 aliphatic carbocycles. The third kappa shape index (κ3) is 4.06. The molecule has 0 saturated carbocycles. The van der Waals surface area contributed by atoms with Crippen molar-refractivity contribution in [1.82, 2.24) is 29.1 Å². The first-order valence-electron chi connectivity index (χ1n) is 13.3. The number of carbonyl (C=O) groups excluding carboxylic acids is 1. The third-order valence-electron chi connectivity index (χ3n) is 8.20. The van der Waals surface area contributed by atoms with Gasteiger partial charge in [0.1, 0.15) is 17.0 Å². The summed E-state index contributed by atoms with van der Waals surface area (Å²) in [5, 5.41) is 3.48. The monoisotopic (exact) mass is 501 g/mol. The van der Waals surface area contributed by atoms with Crippen LogP contribution in [-0.4, -0.2) is 89.1 Å². The smallest absolute Gasteiger partial charge is 0.259 e. The lowest BCUT2D eigenvalue weighted by Crippen LogP contribution is -2.36. The zero-order chi connectivity index (χ0) is 25.7. The third-order valence-corrected chi connectivity index (χ3v) is 8.20. The van der Waals surface area contributed by atoms with E-state index in [9.17, 15) is 9.59 Å². The number of benzene rings is 1. The van der Waals surface area contributed by atoms with Crippen LogP contribution in [-0.2, 0) is 7.05 Å². The van der Waals surface area contributed by atoms with E-state index in [1.165, 1.54) is 12.8 Å². The van der Waals surface area contributed by atoms with Crippen molar-refractivity contribution in [2.45, 2.75) is 25.3 Å². The molecule has 6 rings (SSSR count). The molecule has 3 aromatic heterocycles. The second-order valence-electron chi connectivity index (χ2n) is 10.6. The van der Waals surface area contributed by atoms with E-state index in [4.69, 9.17) is 4.98 Å². The number of likely N-dealkylation sites (N-methyl/N-ethyl adjacent to an activating group) is 2. The zero-order valence-corrected chi connectivity index (χ0v) is 21.9. The molecule has 9 nitrogen and oxygen atoms in total. The Bertz CT molecular complexity index is 1550. The van der Waals surface area contributed by atoms with Gasteiger partial charge in [0.25, 0.3) is 5.91 Å². The zero-order valence-electron chi connectivity index (χ0n) is 21.9. The van der Waals surface area contributed by atoms with E-state index in [-0.39, 0.29) is 16.9 Å². The number of nitrogens with one attached hydrogen (secondary N) is 1. The number of aromatic nitrogens is 3. The highest BCUT2D eigenvalue weighted by atomic mass is 16.2. The molecule has 5 heterocycles. The number of pyridine rings is 2. The number of amides is 1. The van der Waals surface area contributed by atoms with Gasteiger partial charge in [-0.3, -0.25) is 14.0 Å². The maximum absolute atomic E-state index is 13.9. The van der Waals surface area contributed by atoms with Gasteiger partial charge < -0.3 is 24.6 Å². The molecule has 2 saturated heterocycles. The summed E-state index contributed by atoms with van der Waals surface area (Å²) in [6, 6.07) is 12.1. The van der Waals surface area contributed by atoms with Crippen LogP contribution in [0.5, 0.6) is 0 Å². The van der Waals surface area contributed by atoms with Crippen LogP contribution in [0.4, 0.5) is 5.82 Å². The molecule has 37 heavy (non-hydrogen) atoms. The minimum Gasteiger partial charge on any atom is -0.355 e. The molecule has 1 amide bonds. The highest BCUT2D eigenvalue weighted by molar-refractivity contribution is 6.05. The molecule has 1 unspecified atom stereocenters. The quantitative estimate of drug-likeness (QED) is 0.437. The summed E-state index contributed by atoms with van der Waals surface area (Å²) in [5.41, 5.74) is 2.92. The second kappa shape index (κ2) is 9.46. The van der Waals surface area contributed by atoms with E-state index in [0.29, 0.717) is 29.3 Å². The summed E-state index contributed by atoms with van der Waals surface area (Å²) in [7, 11) is 6.12. The number of nitrogens with zero attached hydrogens (tertiary/aromatic N) is 6. The molecule has 0 bridgehead atoms. The first-order chi connectivity index (χ1) is 17.9. The standard InChI is InChI=1S/C28H35N7O2/c1-31-16-12-19(18-31)32(2)23-11-10-20-25(36)24(27(37)29-13-17-34-14-6-7-15-34)28-33(3)21-8-4-5-9-22(21)35(28)26(20)30-23/h4-5,8-11,19H,6-7,12-18H2,1-3H3,(H,29,37). The average molecular weight is 502 g/mol. The molecule has 4 aromatic rings. The fraction of sp³-hybridized carbons (Fsp3) is 0.464. The van der Waals surface area contributed by atoms with E-state index in [1.807, 2.05) is 52.4 Å². The van der Waals surface area contributed by atoms with Crippen molar-refractivity contribution in [3.05, 3.63) is 52.2 Å². The number of imidazole rings is 1. The van der Waals surface area contributed by atoms with Gasteiger partial charge in [-0.05, 0) is 70.2 Å². The van der Waals surface area contributed by atoms with Gasteiger partial charge in [-0.1, -0.05) is 12.1 Å². The summed E-state index contributed by atoms with van der Waals surface area (Å²) in [6.07, 6.45) is 3.49. The SMILES string of the molecule is CN1CCC(N(C)c2ccc3c(=O)c(C(=O)NCCN4CCCC4)c4n(C)c5ccccc5n4c3n2)C1. The van der Waals surface area contributed by atoms with Gasteiger partial charge in [0.05, 0.1) is 16.4 Å². The van der Waals surface area contributed by atoms with Crippen molar-refractivity contribution in [3.63, 3.8) is 0 Å². The van der Waals surface area contributed by atoms with Gasteiger partial charge in [-0.2, -0.15) is 0 Å². The minimum absolute atomic E-state index is 0.174. The van der Waals surface area contributed by atoms with Crippen molar-refractivity contribution < 1.29 is 4.79 Å². The van der Waals surface area contributed by atoms with Crippen LogP contribution in [0, 0.1) is 0 Å². The number of carbonyl (C=O) groups is 1. The second-order valence-corrected chi connectivity index (χ2v) is 10.6. The first kappa shape index (κ1) is 23.9. The highest BCUT2D eigenvalue weighted by Gasteiger charge is 2.27. The molecule has 1 aromatic carbocycles. The number of likely N-dealkylation sites (tertiary alicyclic amines) is 2. The van der Waals surface area contributed by atoms with E-state index in [1.54, 1.807) is 0 Å². The molecule has 1 atom stereocenters. The number of fused-ring (bicyclic) bond motifs is 5. The summed E-state index contributed by atoms with van der Waals surface area (Å²) >= 11 is 0.